The van der Waals surface area contributed by atoms with Gasteiger partial charge in [0.2, 0.25) is 0 Å². The first-order valence-electron chi connectivity index (χ1n) is 8.42. The smallest absolute Gasteiger partial charge is 0.175 e. The van der Waals surface area contributed by atoms with Crippen LogP contribution < -0.4 is 0 Å². The van der Waals surface area contributed by atoms with Gasteiger partial charge in [0.1, 0.15) is 0 Å². The van der Waals surface area contributed by atoms with Gasteiger partial charge in [0, 0.05) is 30.5 Å². The number of aryl methyl sites for hydroxylation is 1. The molecule has 2 aromatic heterocycles. The molecular formula is C20H23N3OS. The Balaban J connectivity index is 1.74. The van der Waals surface area contributed by atoms with Crippen LogP contribution in [0.1, 0.15) is 28.7 Å². The molecule has 0 unspecified atom stereocenters. The van der Waals surface area contributed by atoms with Crippen molar-refractivity contribution in [1.82, 2.24) is 14.1 Å². The largest absolute Gasteiger partial charge is 0.349 e. The Morgan fingerprint density at radius 2 is 1.92 bits per heavy atom. The van der Waals surface area contributed by atoms with Gasteiger partial charge in [-0.15, -0.1) is 0 Å². The number of hydrogen-bond acceptors (Lipinski definition) is 3. The molecule has 4 nitrogen and oxygen atoms in total. The molecule has 0 saturated carbocycles. The van der Waals surface area contributed by atoms with E-state index in [1.165, 1.54) is 11.8 Å². The second kappa shape index (κ2) is 7.31. The molecule has 1 aromatic carbocycles. The Morgan fingerprint density at radius 3 is 2.56 bits per heavy atom. The number of carbonyl (C=O) groups excluding carboxylic acids is 1. The maximum absolute atomic E-state index is 12.6. The second-order valence-electron chi connectivity index (χ2n) is 6.09. The third kappa shape index (κ3) is 3.42. The summed E-state index contributed by atoms with van der Waals surface area (Å²) in [6, 6.07) is 12.2. The number of thioether (sulfide) groups is 1. The molecule has 0 aliphatic heterocycles. The van der Waals surface area contributed by atoms with E-state index >= 15 is 0 Å². The third-order valence-electron chi connectivity index (χ3n) is 4.54. The topological polar surface area (TPSA) is 39.8 Å². The number of rotatable bonds is 6. The molecule has 2 heterocycles. The van der Waals surface area contributed by atoms with Gasteiger partial charge in [0.25, 0.3) is 0 Å². The van der Waals surface area contributed by atoms with Gasteiger partial charge in [-0.25, -0.2) is 4.98 Å². The molecule has 0 amide bonds. The number of benzene rings is 1. The Morgan fingerprint density at radius 1 is 1.20 bits per heavy atom. The second-order valence-corrected chi connectivity index (χ2v) is 7.03. The lowest BCUT2D eigenvalue weighted by Gasteiger charge is -2.07. The first-order valence-corrected chi connectivity index (χ1v) is 9.41. The van der Waals surface area contributed by atoms with Gasteiger partial charge in [-0.3, -0.25) is 4.79 Å². The fraction of sp³-hybridized carbons (Fsp3) is 0.300. The minimum Gasteiger partial charge on any atom is -0.349 e. The summed E-state index contributed by atoms with van der Waals surface area (Å²) < 4.78 is 4.22. The van der Waals surface area contributed by atoms with Gasteiger partial charge in [-0.2, -0.15) is 0 Å². The van der Waals surface area contributed by atoms with Crippen LogP contribution >= 0.6 is 11.8 Å². The molecule has 0 fully saturated rings. The van der Waals surface area contributed by atoms with Gasteiger partial charge in [0.05, 0.1) is 17.6 Å². The molecule has 0 saturated heterocycles. The van der Waals surface area contributed by atoms with Gasteiger partial charge < -0.3 is 9.13 Å². The fourth-order valence-electron chi connectivity index (χ4n) is 3.18. The van der Waals surface area contributed by atoms with E-state index in [-0.39, 0.29) is 5.78 Å². The molecule has 0 N–H and O–H groups in total. The minimum absolute atomic E-state index is 0.155. The van der Waals surface area contributed by atoms with Crippen molar-refractivity contribution in [2.45, 2.75) is 32.5 Å². The zero-order valence-corrected chi connectivity index (χ0v) is 15.9. The molecule has 3 rings (SSSR count). The monoisotopic (exact) mass is 353 g/mol. The van der Waals surface area contributed by atoms with Crippen molar-refractivity contribution in [2.24, 2.45) is 7.05 Å². The first-order chi connectivity index (χ1) is 12.0. The Kier molecular flexibility index (Phi) is 5.13. The molecule has 130 valence electrons. The van der Waals surface area contributed by atoms with Crippen LogP contribution in [0.3, 0.4) is 0 Å². The number of carbonyl (C=O) groups is 1. The highest BCUT2D eigenvalue weighted by atomic mass is 32.2. The summed E-state index contributed by atoms with van der Waals surface area (Å²) in [7, 11) is 1.99. The quantitative estimate of drug-likeness (QED) is 0.484. The predicted molar refractivity (Wildman–Crippen MR) is 103 cm³/mol. The van der Waals surface area contributed by atoms with E-state index in [1.54, 1.807) is 0 Å². The number of aromatic nitrogens is 3. The summed E-state index contributed by atoms with van der Waals surface area (Å²) in [4.78, 5) is 17.1. The lowest BCUT2D eigenvalue weighted by molar-refractivity contribution is 0.102. The Hall–Kier alpha value is -2.27. The van der Waals surface area contributed by atoms with E-state index in [4.69, 9.17) is 0 Å². The van der Waals surface area contributed by atoms with Gasteiger partial charge in [-0.1, -0.05) is 42.1 Å². The van der Waals surface area contributed by atoms with Crippen molar-refractivity contribution in [2.75, 3.05) is 5.75 Å². The van der Waals surface area contributed by atoms with Crippen molar-refractivity contribution >= 4 is 17.5 Å². The van der Waals surface area contributed by atoms with Crippen molar-refractivity contribution in [1.29, 1.82) is 0 Å². The number of nitrogens with zero attached hydrogens (tertiary/aromatic N) is 3. The number of hydrogen-bond donors (Lipinski definition) is 0. The van der Waals surface area contributed by atoms with Crippen LogP contribution in [0.25, 0.3) is 11.3 Å². The van der Waals surface area contributed by atoms with Gasteiger partial charge in [0.15, 0.2) is 10.9 Å². The average molecular weight is 353 g/mol. The molecule has 0 aliphatic carbocycles. The van der Waals surface area contributed by atoms with E-state index in [0.717, 1.165) is 39.9 Å². The van der Waals surface area contributed by atoms with Crippen LogP contribution in [-0.4, -0.2) is 25.7 Å². The number of ketones is 1. The minimum atomic E-state index is 0.155. The van der Waals surface area contributed by atoms with E-state index in [9.17, 15) is 4.79 Å². The van der Waals surface area contributed by atoms with Crippen molar-refractivity contribution in [3.8, 4) is 11.3 Å². The molecule has 25 heavy (non-hydrogen) atoms. The van der Waals surface area contributed by atoms with Crippen LogP contribution in [0.15, 0.2) is 47.8 Å². The maximum Gasteiger partial charge on any atom is 0.175 e. The SMILES string of the molecule is CCn1c(C)cc(C(=O)CSc2ncc(-c3ccccc3)n2C)c1C. The normalized spacial score (nSPS) is 11.0. The summed E-state index contributed by atoms with van der Waals surface area (Å²) in [6.45, 7) is 7.05. The molecule has 0 aliphatic rings. The van der Waals surface area contributed by atoms with Crippen LogP contribution in [0, 0.1) is 13.8 Å². The molecule has 3 aromatic rings. The summed E-state index contributed by atoms with van der Waals surface area (Å²) in [5.74, 6) is 0.551. The standard InChI is InChI=1S/C20H23N3OS/c1-5-23-14(2)11-17(15(23)3)19(24)13-25-20-21-12-18(22(20)4)16-9-7-6-8-10-16/h6-12H,5,13H2,1-4H3. The van der Waals surface area contributed by atoms with Crippen molar-refractivity contribution in [3.05, 3.63) is 59.5 Å². The van der Waals surface area contributed by atoms with E-state index < -0.39 is 0 Å². The van der Waals surface area contributed by atoms with Crippen LogP contribution in [0.2, 0.25) is 0 Å². The molecule has 0 atom stereocenters. The summed E-state index contributed by atoms with van der Waals surface area (Å²) in [5.41, 5.74) is 5.19. The molecule has 0 radical (unpaired) electrons. The van der Waals surface area contributed by atoms with E-state index in [1.807, 2.05) is 55.9 Å². The van der Waals surface area contributed by atoms with Crippen molar-refractivity contribution in [3.63, 3.8) is 0 Å². The Labute approximate surface area is 152 Å². The number of imidazole rings is 1. The highest BCUT2D eigenvalue weighted by Crippen LogP contribution is 2.26. The third-order valence-corrected chi connectivity index (χ3v) is 5.58. The van der Waals surface area contributed by atoms with Gasteiger partial charge >= 0.3 is 0 Å². The zero-order valence-electron chi connectivity index (χ0n) is 15.1. The predicted octanol–water partition coefficient (Wildman–Crippen LogP) is 4.50. The Bertz CT molecular complexity index is 893. The summed E-state index contributed by atoms with van der Waals surface area (Å²) >= 11 is 1.49. The maximum atomic E-state index is 12.6. The molecule has 0 bridgehead atoms. The number of Topliss-reactive ketones (excluding diaryl/α,β-unsaturated/α-hetero) is 1. The van der Waals surface area contributed by atoms with E-state index in [0.29, 0.717) is 5.75 Å². The van der Waals surface area contributed by atoms with Crippen LogP contribution in [0.4, 0.5) is 0 Å². The highest BCUT2D eigenvalue weighted by Gasteiger charge is 2.17. The lowest BCUT2D eigenvalue weighted by Crippen LogP contribution is -2.06. The van der Waals surface area contributed by atoms with Gasteiger partial charge in [-0.05, 0) is 32.4 Å². The fourth-order valence-corrected chi connectivity index (χ4v) is 4.02. The van der Waals surface area contributed by atoms with Crippen molar-refractivity contribution < 1.29 is 4.79 Å². The van der Waals surface area contributed by atoms with E-state index in [2.05, 4.69) is 28.6 Å². The van der Waals surface area contributed by atoms with Crippen LogP contribution in [0.5, 0.6) is 0 Å². The zero-order chi connectivity index (χ0) is 18.0. The molecule has 0 spiro atoms. The summed E-state index contributed by atoms with van der Waals surface area (Å²) in [6.07, 6.45) is 1.87. The highest BCUT2D eigenvalue weighted by molar-refractivity contribution is 7.99. The first kappa shape index (κ1) is 17.5. The van der Waals surface area contributed by atoms with Crippen LogP contribution in [-0.2, 0) is 13.6 Å². The average Bonchev–Trinajstić information content (AvgIpc) is 3.13. The summed E-state index contributed by atoms with van der Waals surface area (Å²) in [5, 5.41) is 0.858. The molecular weight excluding hydrogens is 330 g/mol. The molecule has 5 heteroatoms. The lowest BCUT2D eigenvalue weighted by atomic mass is 10.2.